The zero-order chi connectivity index (χ0) is 8.36. The van der Waals surface area contributed by atoms with Gasteiger partial charge in [-0.05, 0) is 13.8 Å². The summed E-state index contributed by atoms with van der Waals surface area (Å²) >= 11 is 0. The molecule has 1 N–H and O–H groups in total. The van der Waals surface area contributed by atoms with Crippen molar-refractivity contribution in [2.45, 2.75) is 13.8 Å². The maximum absolute atomic E-state index is 10.4. The summed E-state index contributed by atoms with van der Waals surface area (Å²) in [6.45, 7) is 2.25. The zero-order valence-electron chi connectivity index (χ0n) is 5.62. The van der Waals surface area contributed by atoms with Gasteiger partial charge in [-0.3, -0.25) is 9.59 Å². The van der Waals surface area contributed by atoms with E-state index in [4.69, 9.17) is 5.11 Å². The molecule has 56 valence electrons. The van der Waals surface area contributed by atoms with Crippen molar-refractivity contribution in [1.82, 2.24) is 0 Å². The Bertz CT molecular complexity index is 184. The predicted octanol–water partition coefficient (Wildman–Crippen LogP) is 0.390. The van der Waals surface area contributed by atoms with Crippen LogP contribution in [0.15, 0.2) is 5.18 Å². The Balaban J connectivity index is 4.55. The number of carboxylic acid groups (broad SMARTS) is 1. The van der Waals surface area contributed by atoms with Crippen molar-refractivity contribution in [2.75, 3.05) is 0 Å². The number of carbonyl (C=O) groups excluding carboxylic acids is 1. The molecule has 0 saturated carbocycles. The van der Waals surface area contributed by atoms with Crippen LogP contribution in [-0.2, 0) is 9.59 Å². The number of hydrogen-bond donors (Lipinski definition) is 1. The standard InChI is InChI=1S/C5H7NO4/c1-5(2,4(8)9)3(7)6-10/h1-2H3,(H,8,9). The van der Waals surface area contributed by atoms with Gasteiger partial charge in [0.1, 0.15) is 5.41 Å². The lowest BCUT2D eigenvalue weighted by molar-refractivity contribution is -0.152. The molecule has 1 amide bonds. The lowest BCUT2D eigenvalue weighted by atomic mass is 9.93. The van der Waals surface area contributed by atoms with Gasteiger partial charge in [-0.1, -0.05) is 0 Å². The molecule has 5 heteroatoms. The first kappa shape index (κ1) is 8.74. The molecule has 10 heavy (non-hydrogen) atoms. The van der Waals surface area contributed by atoms with E-state index in [0.717, 1.165) is 13.8 Å². The minimum Gasteiger partial charge on any atom is -0.480 e. The lowest BCUT2D eigenvalue weighted by Gasteiger charge is -2.10. The second kappa shape index (κ2) is 2.55. The highest BCUT2D eigenvalue weighted by atomic mass is 16.4. The maximum atomic E-state index is 10.4. The largest absolute Gasteiger partial charge is 0.480 e. The summed E-state index contributed by atoms with van der Waals surface area (Å²) in [5, 5.41) is 10.3. The van der Waals surface area contributed by atoms with Crippen molar-refractivity contribution in [2.24, 2.45) is 10.6 Å². The van der Waals surface area contributed by atoms with Gasteiger partial charge in [0.05, 0.1) is 0 Å². The number of hydrogen-bond acceptors (Lipinski definition) is 3. The third kappa shape index (κ3) is 1.37. The molecule has 0 heterocycles. The van der Waals surface area contributed by atoms with E-state index in [-0.39, 0.29) is 0 Å². The summed E-state index contributed by atoms with van der Waals surface area (Å²) in [6, 6.07) is 0. The van der Waals surface area contributed by atoms with Gasteiger partial charge >= 0.3 is 11.9 Å². The molecule has 0 aliphatic heterocycles. The smallest absolute Gasteiger partial charge is 0.318 e. The molecule has 0 bridgehead atoms. The molecule has 0 unspecified atom stereocenters. The van der Waals surface area contributed by atoms with E-state index in [1.54, 1.807) is 0 Å². The Hall–Kier alpha value is -1.26. The third-order valence-electron chi connectivity index (χ3n) is 1.15. The van der Waals surface area contributed by atoms with E-state index in [1.807, 2.05) is 5.18 Å². The highest BCUT2D eigenvalue weighted by molar-refractivity contribution is 6.01. The fourth-order valence-corrected chi connectivity index (χ4v) is 0.206. The van der Waals surface area contributed by atoms with Crippen molar-refractivity contribution in [3.63, 3.8) is 0 Å². The van der Waals surface area contributed by atoms with E-state index >= 15 is 0 Å². The van der Waals surface area contributed by atoms with E-state index in [1.165, 1.54) is 0 Å². The van der Waals surface area contributed by atoms with Gasteiger partial charge in [0.2, 0.25) is 0 Å². The fraction of sp³-hybridized carbons (Fsp3) is 0.600. The Morgan fingerprint density at radius 2 is 1.80 bits per heavy atom. The summed E-state index contributed by atoms with van der Waals surface area (Å²) in [4.78, 5) is 30.2. The number of rotatable bonds is 2. The van der Waals surface area contributed by atoms with E-state index in [2.05, 4.69) is 0 Å². The number of carboxylic acids is 1. The van der Waals surface area contributed by atoms with Crippen molar-refractivity contribution in [3.8, 4) is 0 Å². The lowest BCUT2D eigenvalue weighted by Crippen LogP contribution is -2.31. The van der Waals surface area contributed by atoms with Gasteiger partial charge in [0.15, 0.2) is 0 Å². The van der Waals surface area contributed by atoms with Crippen LogP contribution < -0.4 is 0 Å². The van der Waals surface area contributed by atoms with Crippen LogP contribution in [-0.4, -0.2) is 17.0 Å². The van der Waals surface area contributed by atoms with Crippen LogP contribution in [0, 0.1) is 10.3 Å². The first-order valence-corrected chi connectivity index (χ1v) is 2.54. The number of nitrogens with zero attached hydrogens (tertiary/aromatic N) is 1. The van der Waals surface area contributed by atoms with E-state index < -0.39 is 17.3 Å². The summed E-state index contributed by atoms with van der Waals surface area (Å²) in [5.74, 6) is -2.52. The van der Waals surface area contributed by atoms with Crippen LogP contribution in [0.2, 0.25) is 0 Å². The maximum Gasteiger partial charge on any atom is 0.318 e. The van der Waals surface area contributed by atoms with Gasteiger partial charge in [-0.25, -0.2) is 0 Å². The number of nitroso groups, excluding NO2 is 1. The molecule has 0 fully saturated rings. The first-order chi connectivity index (χ1) is 4.42. The molecule has 0 atom stereocenters. The third-order valence-corrected chi connectivity index (χ3v) is 1.15. The van der Waals surface area contributed by atoms with Gasteiger partial charge in [0.25, 0.3) is 0 Å². The Labute approximate surface area is 57.0 Å². The van der Waals surface area contributed by atoms with Crippen LogP contribution >= 0.6 is 0 Å². The highest BCUT2D eigenvalue weighted by Crippen LogP contribution is 2.16. The van der Waals surface area contributed by atoms with Crippen LogP contribution in [0.1, 0.15) is 13.8 Å². The summed E-state index contributed by atoms with van der Waals surface area (Å²) in [6.07, 6.45) is 0. The quantitative estimate of drug-likeness (QED) is 0.450. The molecule has 0 saturated heterocycles. The Kier molecular flexibility index (Phi) is 2.23. The summed E-state index contributed by atoms with van der Waals surface area (Å²) in [7, 11) is 0. The molecule has 0 aromatic heterocycles. The van der Waals surface area contributed by atoms with Crippen LogP contribution in [0.25, 0.3) is 0 Å². The van der Waals surface area contributed by atoms with Crippen LogP contribution in [0.5, 0.6) is 0 Å². The highest BCUT2D eigenvalue weighted by Gasteiger charge is 2.36. The van der Waals surface area contributed by atoms with Crippen molar-refractivity contribution < 1.29 is 14.7 Å². The summed E-state index contributed by atoms with van der Waals surface area (Å²) < 4.78 is 0. The normalized spacial score (nSPS) is 10.6. The first-order valence-electron chi connectivity index (χ1n) is 2.54. The summed E-state index contributed by atoms with van der Waals surface area (Å²) in [5.41, 5.74) is -1.69. The molecule has 0 radical (unpaired) electrons. The molecule has 0 aromatic rings. The van der Waals surface area contributed by atoms with E-state index in [9.17, 15) is 14.5 Å². The average Bonchev–Trinajstić information content (AvgIpc) is 1.86. The molecule has 0 aliphatic rings. The Morgan fingerprint density at radius 3 is 1.90 bits per heavy atom. The SMILES string of the molecule is CC(C)(C(=O)O)C(=O)N=O. The van der Waals surface area contributed by atoms with Crippen molar-refractivity contribution in [3.05, 3.63) is 4.91 Å². The number of carbonyl (C=O) groups is 2. The molecular weight excluding hydrogens is 138 g/mol. The topological polar surface area (TPSA) is 83.8 Å². The number of aliphatic carboxylic acids is 1. The molecule has 0 spiro atoms. The monoisotopic (exact) mass is 145 g/mol. The average molecular weight is 145 g/mol. The van der Waals surface area contributed by atoms with Crippen LogP contribution in [0.4, 0.5) is 0 Å². The van der Waals surface area contributed by atoms with Gasteiger partial charge in [-0.2, -0.15) is 0 Å². The minimum absolute atomic E-state index is 1.12. The number of amides is 1. The van der Waals surface area contributed by atoms with Crippen LogP contribution in [0.3, 0.4) is 0 Å². The molecular formula is C5H7NO4. The molecule has 0 aromatic carbocycles. The fourth-order valence-electron chi connectivity index (χ4n) is 0.206. The van der Waals surface area contributed by atoms with Crippen molar-refractivity contribution >= 4 is 11.9 Å². The Morgan fingerprint density at radius 1 is 1.40 bits per heavy atom. The van der Waals surface area contributed by atoms with Gasteiger partial charge in [-0.15, -0.1) is 4.91 Å². The second-order valence-corrected chi connectivity index (χ2v) is 2.33. The van der Waals surface area contributed by atoms with E-state index in [0.29, 0.717) is 0 Å². The zero-order valence-corrected chi connectivity index (χ0v) is 5.62. The second-order valence-electron chi connectivity index (χ2n) is 2.33. The van der Waals surface area contributed by atoms with Crippen molar-refractivity contribution in [1.29, 1.82) is 0 Å². The minimum atomic E-state index is -1.69. The molecule has 0 rings (SSSR count). The van der Waals surface area contributed by atoms with Gasteiger partial charge in [0, 0.05) is 5.18 Å². The van der Waals surface area contributed by atoms with Gasteiger partial charge < -0.3 is 5.11 Å². The molecule has 5 nitrogen and oxygen atoms in total. The molecule has 0 aliphatic carbocycles. The predicted molar refractivity (Wildman–Crippen MR) is 32.2 cm³/mol.